The summed E-state index contributed by atoms with van der Waals surface area (Å²) in [4.78, 5) is 2.98. The third-order valence-electron chi connectivity index (χ3n) is 8.16. The first-order chi connectivity index (χ1) is 18.0. The molecular weight excluding hydrogens is 480 g/mol. The zero-order valence-corrected chi connectivity index (χ0v) is 22.7. The van der Waals surface area contributed by atoms with E-state index in [0.29, 0.717) is 22.5 Å². The van der Waals surface area contributed by atoms with E-state index in [-0.39, 0.29) is 6.04 Å². The zero-order valence-electron chi connectivity index (χ0n) is 21.9. The lowest BCUT2D eigenvalue weighted by Crippen LogP contribution is -2.51. The second-order valence-electron chi connectivity index (χ2n) is 10.4. The fourth-order valence-electron chi connectivity index (χ4n) is 6.19. The van der Waals surface area contributed by atoms with Crippen molar-refractivity contribution in [2.45, 2.75) is 68.3 Å². The predicted molar refractivity (Wildman–Crippen MR) is 150 cm³/mol. The van der Waals surface area contributed by atoms with E-state index in [2.05, 4.69) is 35.2 Å². The third kappa shape index (κ3) is 5.55. The molecule has 0 spiro atoms. The molecule has 37 heavy (non-hydrogen) atoms. The van der Waals surface area contributed by atoms with E-state index in [4.69, 9.17) is 4.74 Å². The van der Waals surface area contributed by atoms with Gasteiger partial charge >= 0.3 is 0 Å². The normalized spacial score (nSPS) is 21.5. The molecule has 2 unspecified atom stereocenters. The van der Waals surface area contributed by atoms with Crippen LogP contribution >= 0.6 is 0 Å². The van der Waals surface area contributed by atoms with Crippen molar-refractivity contribution in [2.24, 2.45) is 0 Å². The molecule has 3 aromatic rings. The number of rotatable bonds is 7. The molecular formula is C31H38N2O3S. The lowest BCUT2D eigenvalue weighted by Gasteiger charge is -2.45. The van der Waals surface area contributed by atoms with Gasteiger partial charge in [-0.05, 0) is 80.5 Å². The van der Waals surface area contributed by atoms with Gasteiger partial charge in [0.1, 0.15) is 5.75 Å². The van der Waals surface area contributed by atoms with Crippen molar-refractivity contribution in [3.05, 3.63) is 90.0 Å². The van der Waals surface area contributed by atoms with E-state index in [0.717, 1.165) is 37.2 Å². The van der Waals surface area contributed by atoms with Crippen LogP contribution in [0.4, 0.5) is 5.69 Å². The number of benzene rings is 3. The van der Waals surface area contributed by atoms with Gasteiger partial charge in [-0.1, -0.05) is 60.9 Å². The maximum absolute atomic E-state index is 14.0. The molecule has 1 saturated heterocycles. The average molecular weight is 519 g/mol. The standard InChI is InChI=1S/C31H38N2O3S/c1-24-12-18-29(19-13-24)37(34,35)33(26-14-16-28(36-2)17-15-26)27-20-22-32(23-21-27)31-11-7-6-10-30(31)25-8-4-3-5-9-25/h3-5,8-9,12-19,27,30-31H,6-7,10-11,20-23H2,1-2H3. The highest BCUT2D eigenvalue weighted by Crippen LogP contribution is 2.39. The topological polar surface area (TPSA) is 49.9 Å². The van der Waals surface area contributed by atoms with Gasteiger partial charge in [-0.15, -0.1) is 0 Å². The zero-order chi connectivity index (χ0) is 25.8. The predicted octanol–water partition coefficient (Wildman–Crippen LogP) is 6.39. The Morgan fingerprint density at radius 3 is 2.11 bits per heavy atom. The van der Waals surface area contributed by atoms with Crippen LogP contribution in [-0.4, -0.2) is 45.6 Å². The third-order valence-corrected chi connectivity index (χ3v) is 10.1. The molecule has 1 aliphatic heterocycles. The van der Waals surface area contributed by atoms with Gasteiger partial charge < -0.3 is 4.74 Å². The van der Waals surface area contributed by atoms with Crippen LogP contribution in [0.25, 0.3) is 0 Å². The Labute approximate surface area is 222 Å². The molecule has 2 fully saturated rings. The van der Waals surface area contributed by atoms with Crippen molar-refractivity contribution in [3.8, 4) is 5.75 Å². The molecule has 2 aliphatic rings. The molecule has 0 N–H and O–H groups in total. The summed E-state index contributed by atoms with van der Waals surface area (Å²) in [5.74, 6) is 1.27. The molecule has 2 atom stereocenters. The van der Waals surface area contributed by atoms with E-state index in [1.54, 1.807) is 23.5 Å². The maximum Gasteiger partial charge on any atom is 0.264 e. The molecule has 3 aromatic carbocycles. The summed E-state index contributed by atoms with van der Waals surface area (Å²) in [5, 5.41) is 0. The number of sulfonamides is 1. The number of hydrogen-bond acceptors (Lipinski definition) is 4. The molecule has 1 saturated carbocycles. The first kappa shape index (κ1) is 25.8. The minimum atomic E-state index is -3.71. The number of ether oxygens (including phenoxy) is 1. The molecule has 5 nitrogen and oxygen atoms in total. The second-order valence-corrected chi connectivity index (χ2v) is 12.3. The molecule has 6 heteroatoms. The Kier molecular flexibility index (Phi) is 7.87. The monoisotopic (exact) mass is 518 g/mol. The maximum atomic E-state index is 14.0. The van der Waals surface area contributed by atoms with Crippen molar-refractivity contribution in [1.82, 2.24) is 4.90 Å². The highest BCUT2D eigenvalue weighted by atomic mass is 32.2. The van der Waals surface area contributed by atoms with Crippen LogP contribution in [0.15, 0.2) is 83.8 Å². The Bertz CT molecular complexity index is 1250. The summed E-state index contributed by atoms with van der Waals surface area (Å²) in [6.07, 6.45) is 6.63. The summed E-state index contributed by atoms with van der Waals surface area (Å²) >= 11 is 0. The van der Waals surface area contributed by atoms with Crippen LogP contribution in [0.1, 0.15) is 55.6 Å². The van der Waals surface area contributed by atoms with Gasteiger partial charge in [0.2, 0.25) is 0 Å². The second kappa shape index (κ2) is 11.3. The molecule has 0 bridgehead atoms. The Morgan fingerprint density at radius 2 is 1.46 bits per heavy atom. The molecule has 0 amide bonds. The van der Waals surface area contributed by atoms with Gasteiger partial charge in [0.05, 0.1) is 17.7 Å². The van der Waals surface area contributed by atoms with Crippen LogP contribution in [-0.2, 0) is 10.0 Å². The van der Waals surface area contributed by atoms with E-state index in [1.807, 2.05) is 43.3 Å². The highest BCUT2D eigenvalue weighted by Gasteiger charge is 2.38. The number of aryl methyl sites for hydroxylation is 1. The van der Waals surface area contributed by atoms with Crippen LogP contribution in [0.5, 0.6) is 5.75 Å². The van der Waals surface area contributed by atoms with Crippen LogP contribution in [0.2, 0.25) is 0 Å². The SMILES string of the molecule is COc1ccc(N(C2CCN(C3CCCCC3c3ccccc3)CC2)S(=O)(=O)c2ccc(C)cc2)cc1. The summed E-state index contributed by atoms with van der Waals surface area (Å²) in [7, 11) is -2.09. The minimum Gasteiger partial charge on any atom is -0.497 e. The van der Waals surface area contributed by atoms with Crippen LogP contribution in [0, 0.1) is 6.92 Å². The van der Waals surface area contributed by atoms with Gasteiger partial charge in [-0.25, -0.2) is 8.42 Å². The van der Waals surface area contributed by atoms with Crippen molar-refractivity contribution in [3.63, 3.8) is 0 Å². The number of anilines is 1. The Balaban J connectivity index is 1.39. The molecule has 5 rings (SSSR count). The van der Waals surface area contributed by atoms with Crippen molar-refractivity contribution in [1.29, 1.82) is 0 Å². The minimum absolute atomic E-state index is 0.0882. The van der Waals surface area contributed by atoms with E-state index in [1.165, 1.54) is 31.2 Å². The number of piperidine rings is 1. The van der Waals surface area contributed by atoms with E-state index in [9.17, 15) is 8.42 Å². The number of likely N-dealkylation sites (tertiary alicyclic amines) is 1. The number of hydrogen-bond donors (Lipinski definition) is 0. The summed E-state index contributed by atoms with van der Waals surface area (Å²) in [5.41, 5.74) is 3.18. The highest BCUT2D eigenvalue weighted by molar-refractivity contribution is 7.92. The van der Waals surface area contributed by atoms with Gasteiger partial charge in [0.25, 0.3) is 10.0 Å². The quantitative estimate of drug-likeness (QED) is 0.364. The summed E-state index contributed by atoms with van der Waals surface area (Å²) in [6.45, 7) is 3.80. The van der Waals surface area contributed by atoms with Crippen molar-refractivity contribution in [2.75, 3.05) is 24.5 Å². The molecule has 1 heterocycles. The number of nitrogens with zero attached hydrogens (tertiary/aromatic N) is 2. The largest absolute Gasteiger partial charge is 0.497 e. The first-order valence-electron chi connectivity index (χ1n) is 13.5. The Morgan fingerprint density at radius 1 is 0.811 bits per heavy atom. The smallest absolute Gasteiger partial charge is 0.264 e. The molecule has 0 radical (unpaired) electrons. The average Bonchev–Trinajstić information content (AvgIpc) is 2.94. The van der Waals surface area contributed by atoms with Gasteiger partial charge in [0.15, 0.2) is 0 Å². The molecule has 1 aliphatic carbocycles. The Hall–Kier alpha value is -2.83. The van der Waals surface area contributed by atoms with E-state index < -0.39 is 10.0 Å². The van der Waals surface area contributed by atoms with Gasteiger partial charge in [-0.3, -0.25) is 9.21 Å². The van der Waals surface area contributed by atoms with Crippen molar-refractivity contribution < 1.29 is 13.2 Å². The summed E-state index contributed by atoms with van der Waals surface area (Å²) < 4.78 is 35.0. The number of methoxy groups -OCH3 is 1. The fourth-order valence-corrected chi connectivity index (χ4v) is 7.90. The van der Waals surface area contributed by atoms with Crippen LogP contribution < -0.4 is 9.04 Å². The molecule has 196 valence electrons. The van der Waals surface area contributed by atoms with Crippen LogP contribution in [0.3, 0.4) is 0 Å². The fraction of sp³-hybridized carbons (Fsp3) is 0.419. The first-order valence-corrected chi connectivity index (χ1v) is 15.0. The van der Waals surface area contributed by atoms with Gasteiger partial charge in [0, 0.05) is 25.2 Å². The summed E-state index contributed by atoms with van der Waals surface area (Å²) in [6, 6.07) is 26.0. The van der Waals surface area contributed by atoms with E-state index >= 15 is 0 Å². The lowest BCUT2D eigenvalue weighted by molar-refractivity contribution is 0.107. The van der Waals surface area contributed by atoms with Gasteiger partial charge in [-0.2, -0.15) is 0 Å². The molecule has 0 aromatic heterocycles. The van der Waals surface area contributed by atoms with Crippen molar-refractivity contribution >= 4 is 15.7 Å². The lowest BCUT2D eigenvalue weighted by atomic mass is 9.78.